The van der Waals surface area contributed by atoms with E-state index in [1.165, 1.54) is 15.3 Å². The van der Waals surface area contributed by atoms with Crippen molar-refractivity contribution < 1.29 is 4.79 Å². The summed E-state index contributed by atoms with van der Waals surface area (Å²) in [4.78, 5) is 40.1. The van der Waals surface area contributed by atoms with Gasteiger partial charge in [-0.05, 0) is 56.1 Å². The number of aromatic nitrogens is 2. The Kier molecular flexibility index (Phi) is 5.31. The van der Waals surface area contributed by atoms with Crippen molar-refractivity contribution in [2.45, 2.75) is 6.54 Å². The minimum Gasteiger partial charge on any atom is -0.383 e. The van der Waals surface area contributed by atoms with Crippen molar-refractivity contribution in [2.24, 2.45) is 0 Å². The van der Waals surface area contributed by atoms with Gasteiger partial charge >= 0.3 is 5.69 Å². The molecule has 0 aliphatic heterocycles. The lowest BCUT2D eigenvalue weighted by Gasteiger charge is -2.14. The van der Waals surface area contributed by atoms with Crippen LogP contribution in [0.1, 0.15) is 15.9 Å². The van der Waals surface area contributed by atoms with E-state index in [0.717, 1.165) is 27.1 Å². The maximum Gasteiger partial charge on any atom is 0.330 e. The zero-order valence-electron chi connectivity index (χ0n) is 19.7. The Hall–Kier alpha value is -5.17. The zero-order valence-corrected chi connectivity index (χ0v) is 19.7. The van der Waals surface area contributed by atoms with Crippen molar-refractivity contribution in [3.63, 3.8) is 0 Å². The van der Waals surface area contributed by atoms with Gasteiger partial charge in [-0.2, -0.15) is 0 Å². The smallest absolute Gasteiger partial charge is 0.330 e. The molecule has 1 heterocycles. The van der Waals surface area contributed by atoms with Gasteiger partial charge in [0.25, 0.3) is 11.5 Å². The monoisotopic (exact) mass is 486 g/mol. The highest BCUT2D eigenvalue weighted by atomic mass is 16.2. The van der Waals surface area contributed by atoms with Gasteiger partial charge in [-0.1, -0.05) is 78.9 Å². The number of hydrogen-bond donors (Lipinski definition) is 3. The Labute approximate surface area is 210 Å². The fraction of sp³-hybridized carbons (Fsp3) is 0.0333. The van der Waals surface area contributed by atoms with Gasteiger partial charge in [-0.3, -0.25) is 19.1 Å². The third-order valence-electron chi connectivity index (χ3n) is 6.66. The highest BCUT2D eigenvalue weighted by molar-refractivity contribution is 6.17. The number of nitrogens with zero attached hydrogens (tertiary/aromatic N) is 1. The molecule has 7 heteroatoms. The number of rotatable bonds is 4. The standard InChI is InChI=1S/C30H22N4O3/c31-27-26(32-28(35)21-7-2-1-3-8-21)29(36)33-30(37)34(27)17-18-10-11-20-13-14-23-22-9-5-4-6-19(22)12-15-24(23)25(20)16-18/h1-16H,17,31H2,(H,32,35)(H,33,36,37). The fourth-order valence-corrected chi connectivity index (χ4v) is 4.79. The number of aromatic amines is 1. The maximum atomic E-state index is 12.7. The first-order valence-electron chi connectivity index (χ1n) is 11.8. The van der Waals surface area contributed by atoms with E-state index in [-0.39, 0.29) is 18.1 Å². The molecular weight excluding hydrogens is 464 g/mol. The molecule has 0 atom stereocenters. The van der Waals surface area contributed by atoms with Crippen LogP contribution in [-0.2, 0) is 6.54 Å². The summed E-state index contributed by atoms with van der Waals surface area (Å²) in [5, 5.41) is 9.27. The molecule has 1 aromatic heterocycles. The Morgan fingerprint density at radius 3 is 2.19 bits per heavy atom. The Balaban J connectivity index is 1.42. The summed E-state index contributed by atoms with van der Waals surface area (Å²) in [6.45, 7) is 0.121. The summed E-state index contributed by atoms with van der Waals surface area (Å²) in [6, 6.07) is 31.1. The number of carbonyl (C=O) groups excluding carboxylic acids is 1. The second-order valence-electron chi connectivity index (χ2n) is 8.93. The predicted octanol–water partition coefficient (Wildman–Crippen LogP) is 4.88. The lowest BCUT2D eigenvalue weighted by molar-refractivity contribution is 0.102. The quantitative estimate of drug-likeness (QED) is 0.309. The summed E-state index contributed by atoms with van der Waals surface area (Å²) in [5.41, 5.74) is 5.89. The summed E-state index contributed by atoms with van der Waals surface area (Å²) in [5.74, 6) is -0.602. The van der Waals surface area contributed by atoms with Crippen LogP contribution in [0.25, 0.3) is 32.3 Å². The van der Waals surface area contributed by atoms with Crippen LogP contribution in [0.4, 0.5) is 11.5 Å². The first kappa shape index (κ1) is 22.3. The molecule has 6 aromatic rings. The number of carbonyl (C=O) groups is 1. The number of fused-ring (bicyclic) bond motifs is 5. The van der Waals surface area contributed by atoms with E-state index >= 15 is 0 Å². The number of benzene rings is 5. The molecule has 37 heavy (non-hydrogen) atoms. The molecule has 0 fully saturated rings. The topological polar surface area (TPSA) is 110 Å². The van der Waals surface area contributed by atoms with E-state index in [0.29, 0.717) is 5.56 Å². The highest BCUT2D eigenvalue weighted by Gasteiger charge is 2.16. The lowest BCUT2D eigenvalue weighted by Crippen LogP contribution is -2.35. The molecule has 4 N–H and O–H groups in total. The van der Waals surface area contributed by atoms with E-state index in [4.69, 9.17) is 5.73 Å². The number of nitrogens with one attached hydrogen (secondary N) is 2. The number of nitrogens with two attached hydrogens (primary N) is 1. The van der Waals surface area contributed by atoms with Crippen LogP contribution >= 0.6 is 0 Å². The second-order valence-corrected chi connectivity index (χ2v) is 8.93. The van der Waals surface area contributed by atoms with Crippen molar-refractivity contribution in [1.29, 1.82) is 0 Å². The molecule has 0 unspecified atom stereocenters. The van der Waals surface area contributed by atoms with Crippen molar-refractivity contribution >= 4 is 49.7 Å². The largest absolute Gasteiger partial charge is 0.383 e. The highest BCUT2D eigenvalue weighted by Crippen LogP contribution is 2.32. The van der Waals surface area contributed by atoms with Crippen LogP contribution in [0.15, 0.2) is 107 Å². The minimum absolute atomic E-state index is 0.109. The molecule has 0 saturated heterocycles. The van der Waals surface area contributed by atoms with Gasteiger partial charge in [0.05, 0.1) is 6.54 Å². The molecule has 0 aliphatic carbocycles. The predicted molar refractivity (Wildman–Crippen MR) is 148 cm³/mol. The number of anilines is 2. The number of H-pyrrole nitrogens is 1. The summed E-state index contributed by atoms with van der Waals surface area (Å²) in [7, 11) is 0. The first-order chi connectivity index (χ1) is 18.0. The molecule has 0 bridgehead atoms. The lowest BCUT2D eigenvalue weighted by atomic mass is 9.96. The van der Waals surface area contributed by atoms with Crippen LogP contribution < -0.4 is 22.3 Å². The van der Waals surface area contributed by atoms with E-state index in [2.05, 4.69) is 46.7 Å². The van der Waals surface area contributed by atoms with Crippen molar-refractivity contribution in [3.05, 3.63) is 129 Å². The fourth-order valence-electron chi connectivity index (χ4n) is 4.79. The van der Waals surface area contributed by atoms with E-state index < -0.39 is 17.2 Å². The average molecular weight is 487 g/mol. The van der Waals surface area contributed by atoms with Gasteiger partial charge in [-0.25, -0.2) is 4.79 Å². The van der Waals surface area contributed by atoms with Crippen LogP contribution in [0.5, 0.6) is 0 Å². The van der Waals surface area contributed by atoms with Gasteiger partial charge in [0.2, 0.25) is 0 Å². The molecule has 0 saturated carbocycles. The van der Waals surface area contributed by atoms with Crippen LogP contribution in [0.2, 0.25) is 0 Å². The first-order valence-corrected chi connectivity index (χ1v) is 11.8. The number of hydrogen-bond acceptors (Lipinski definition) is 4. The van der Waals surface area contributed by atoms with Gasteiger partial charge in [0, 0.05) is 5.56 Å². The summed E-state index contributed by atoms with van der Waals surface area (Å²) < 4.78 is 1.25. The van der Waals surface area contributed by atoms with Gasteiger partial charge in [0.1, 0.15) is 11.5 Å². The van der Waals surface area contributed by atoms with Crippen LogP contribution in [0, 0.1) is 0 Å². The Bertz CT molecular complexity index is 1960. The number of nitrogen functional groups attached to an aromatic ring is 1. The molecule has 0 aliphatic rings. The third kappa shape index (κ3) is 3.92. The Morgan fingerprint density at radius 2 is 1.41 bits per heavy atom. The molecule has 1 amide bonds. The van der Waals surface area contributed by atoms with Crippen molar-refractivity contribution in [3.8, 4) is 0 Å². The normalized spacial score (nSPS) is 11.2. The molecule has 7 nitrogen and oxygen atoms in total. The van der Waals surface area contributed by atoms with Gasteiger partial charge < -0.3 is 11.1 Å². The van der Waals surface area contributed by atoms with Crippen LogP contribution in [0.3, 0.4) is 0 Å². The zero-order chi connectivity index (χ0) is 25.5. The second kappa shape index (κ2) is 8.80. The maximum absolute atomic E-state index is 12.7. The molecule has 180 valence electrons. The van der Waals surface area contributed by atoms with E-state index in [1.54, 1.807) is 30.3 Å². The SMILES string of the molecule is Nc1c(NC(=O)c2ccccc2)c(=O)[nH]c(=O)n1Cc1ccc2ccc3c4ccccc4ccc3c2c1. The number of amides is 1. The summed E-state index contributed by atoms with van der Waals surface area (Å²) in [6.07, 6.45) is 0. The molecule has 0 radical (unpaired) electrons. The minimum atomic E-state index is -0.751. The van der Waals surface area contributed by atoms with Crippen LogP contribution in [-0.4, -0.2) is 15.5 Å². The van der Waals surface area contributed by atoms with Crippen molar-refractivity contribution in [1.82, 2.24) is 9.55 Å². The van der Waals surface area contributed by atoms with Crippen molar-refractivity contribution in [2.75, 3.05) is 11.1 Å². The molecule has 0 spiro atoms. The van der Waals surface area contributed by atoms with E-state index in [1.807, 2.05) is 30.3 Å². The molecule has 5 aromatic carbocycles. The van der Waals surface area contributed by atoms with Gasteiger partial charge in [0.15, 0.2) is 0 Å². The summed E-state index contributed by atoms with van der Waals surface area (Å²) >= 11 is 0. The van der Waals surface area contributed by atoms with Gasteiger partial charge in [-0.15, -0.1) is 0 Å². The van der Waals surface area contributed by atoms with E-state index in [9.17, 15) is 14.4 Å². The Morgan fingerprint density at radius 1 is 0.757 bits per heavy atom. The third-order valence-corrected chi connectivity index (χ3v) is 6.66. The molecular formula is C30H22N4O3. The molecule has 6 rings (SSSR count). The average Bonchev–Trinajstić information content (AvgIpc) is 2.93.